The number of hydrogen-bond acceptors (Lipinski definition) is 4. The molecule has 2 fully saturated rings. The van der Waals surface area contributed by atoms with Gasteiger partial charge in [-0.25, -0.2) is 0 Å². The van der Waals surface area contributed by atoms with E-state index < -0.39 is 0 Å². The van der Waals surface area contributed by atoms with E-state index in [9.17, 15) is 4.79 Å². The first kappa shape index (κ1) is 14.0. The molecule has 2 atom stereocenters. The van der Waals surface area contributed by atoms with Crippen molar-refractivity contribution in [2.24, 2.45) is 0 Å². The quantitative estimate of drug-likeness (QED) is 0.923. The van der Waals surface area contributed by atoms with Gasteiger partial charge in [-0.05, 0) is 44.3 Å². The second kappa shape index (κ2) is 6.24. The normalized spacial score (nSPS) is 28.2. The van der Waals surface area contributed by atoms with Gasteiger partial charge in [-0.1, -0.05) is 12.5 Å². The van der Waals surface area contributed by atoms with E-state index in [2.05, 4.69) is 27.7 Å². The molecular formula is C15H23N3OS. The van der Waals surface area contributed by atoms with Gasteiger partial charge in [0.25, 0.3) is 0 Å². The molecule has 2 unspecified atom stereocenters. The highest BCUT2D eigenvalue weighted by Gasteiger charge is 2.37. The molecule has 4 nitrogen and oxygen atoms in total. The summed E-state index contributed by atoms with van der Waals surface area (Å²) in [5, 5.41) is 5.49. The van der Waals surface area contributed by atoms with Crippen molar-refractivity contribution in [1.82, 2.24) is 15.1 Å². The zero-order chi connectivity index (χ0) is 13.9. The van der Waals surface area contributed by atoms with Crippen LogP contribution in [0.4, 0.5) is 0 Å². The van der Waals surface area contributed by atoms with Crippen molar-refractivity contribution in [2.45, 2.75) is 38.4 Å². The maximum absolute atomic E-state index is 12.3. The van der Waals surface area contributed by atoms with Crippen LogP contribution in [0, 0.1) is 0 Å². The van der Waals surface area contributed by atoms with Gasteiger partial charge in [0.15, 0.2) is 0 Å². The second-order valence-electron chi connectivity index (χ2n) is 5.74. The number of thiophene rings is 1. The molecule has 0 aromatic carbocycles. The summed E-state index contributed by atoms with van der Waals surface area (Å²) in [4.78, 5) is 18.1. The molecule has 1 aromatic rings. The Morgan fingerprint density at radius 2 is 2.10 bits per heavy atom. The predicted molar refractivity (Wildman–Crippen MR) is 81.7 cm³/mol. The lowest BCUT2D eigenvalue weighted by molar-refractivity contribution is -0.130. The minimum Gasteiger partial charge on any atom is -0.319 e. The van der Waals surface area contributed by atoms with Gasteiger partial charge in [0.05, 0.1) is 6.04 Å². The molecular weight excluding hydrogens is 270 g/mol. The number of carbonyl (C=O) groups excluding carboxylic acids is 1. The van der Waals surface area contributed by atoms with Gasteiger partial charge in [0, 0.05) is 18.0 Å². The summed E-state index contributed by atoms with van der Waals surface area (Å²) in [7, 11) is 0. The molecule has 2 aliphatic rings. The molecule has 0 saturated carbocycles. The second-order valence-corrected chi connectivity index (χ2v) is 6.72. The van der Waals surface area contributed by atoms with Crippen LogP contribution >= 0.6 is 11.3 Å². The highest BCUT2D eigenvalue weighted by Crippen LogP contribution is 2.28. The summed E-state index contributed by atoms with van der Waals surface area (Å²) in [6.45, 7) is 6.17. The fourth-order valence-electron chi connectivity index (χ4n) is 3.13. The molecule has 110 valence electrons. The SMILES string of the molecule is CC1NC(c2cccs2)N(CCN2CCCCC2)C1=O. The maximum Gasteiger partial charge on any atom is 0.241 e. The average Bonchev–Trinajstić information content (AvgIpc) is 3.08. The summed E-state index contributed by atoms with van der Waals surface area (Å²) in [5.41, 5.74) is 0. The summed E-state index contributed by atoms with van der Waals surface area (Å²) < 4.78 is 0. The van der Waals surface area contributed by atoms with E-state index in [1.54, 1.807) is 11.3 Å². The van der Waals surface area contributed by atoms with Gasteiger partial charge in [-0.15, -0.1) is 11.3 Å². The van der Waals surface area contributed by atoms with Crippen LogP contribution < -0.4 is 5.32 Å². The van der Waals surface area contributed by atoms with Crippen molar-refractivity contribution in [3.8, 4) is 0 Å². The number of nitrogens with one attached hydrogen (secondary N) is 1. The van der Waals surface area contributed by atoms with E-state index in [0.29, 0.717) is 0 Å². The lowest BCUT2D eigenvalue weighted by Gasteiger charge is -2.30. The standard InChI is InChI=1S/C15H23N3OS/c1-12-15(19)18(10-9-17-7-3-2-4-8-17)14(16-12)13-6-5-11-20-13/h5-6,11-12,14,16H,2-4,7-10H2,1H3. The molecule has 2 aliphatic heterocycles. The fraction of sp³-hybridized carbons (Fsp3) is 0.667. The van der Waals surface area contributed by atoms with E-state index in [1.807, 2.05) is 11.8 Å². The molecule has 0 radical (unpaired) electrons. The predicted octanol–water partition coefficient (Wildman–Crippen LogP) is 2.05. The highest BCUT2D eigenvalue weighted by atomic mass is 32.1. The lowest BCUT2D eigenvalue weighted by atomic mass is 10.1. The summed E-state index contributed by atoms with van der Waals surface area (Å²) in [6.07, 6.45) is 4.03. The molecule has 5 heteroatoms. The summed E-state index contributed by atoms with van der Waals surface area (Å²) in [6, 6.07) is 4.10. The topological polar surface area (TPSA) is 35.6 Å². The van der Waals surface area contributed by atoms with Crippen molar-refractivity contribution >= 4 is 17.2 Å². The molecule has 2 saturated heterocycles. The number of carbonyl (C=O) groups is 1. The van der Waals surface area contributed by atoms with E-state index in [1.165, 1.54) is 37.2 Å². The number of amides is 1. The number of likely N-dealkylation sites (tertiary alicyclic amines) is 1. The van der Waals surface area contributed by atoms with Crippen LogP contribution in [-0.2, 0) is 4.79 Å². The van der Waals surface area contributed by atoms with E-state index in [0.717, 1.165) is 13.1 Å². The van der Waals surface area contributed by atoms with Crippen molar-refractivity contribution < 1.29 is 4.79 Å². The minimum atomic E-state index is -0.0662. The minimum absolute atomic E-state index is 0.0662. The third-order valence-electron chi connectivity index (χ3n) is 4.29. The van der Waals surface area contributed by atoms with Crippen LogP contribution in [0.2, 0.25) is 0 Å². The monoisotopic (exact) mass is 293 g/mol. The van der Waals surface area contributed by atoms with Crippen molar-refractivity contribution in [2.75, 3.05) is 26.2 Å². The molecule has 0 spiro atoms. The number of hydrogen-bond donors (Lipinski definition) is 1. The smallest absolute Gasteiger partial charge is 0.241 e. The van der Waals surface area contributed by atoms with Gasteiger partial charge in [-0.2, -0.15) is 0 Å². The molecule has 0 aliphatic carbocycles. The first-order chi connectivity index (χ1) is 9.75. The van der Waals surface area contributed by atoms with Gasteiger partial charge in [0.2, 0.25) is 5.91 Å². The number of rotatable bonds is 4. The fourth-order valence-corrected chi connectivity index (χ4v) is 3.92. The van der Waals surface area contributed by atoms with Crippen molar-refractivity contribution in [1.29, 1.82) is 0 Å². The summed E-state index contributed by atoms with van der Waals surface area (Å²) in [5.74, 6) is 0.236. The molecule has 1 aromatic heterocycles. The van der Waals surface area contributed by atoms with Gasteiger partial charge < -0.3 is 9.80 Å². The average molecular weight is 293 g/mol. The highest BCUT2D eigenvalue weighted by molar-refractivity contribution is 7.10. The Bertz CT molecular complexity index is 442. The third-order valence-corrected chi connectivity index (χ3v) is 5.22. The first-order valence-electron chi connectivity index (χ1n) is 7.58. The van der Waals surface area contributed by atoms with Crippen LogP contribution in [0.25, 0.3) is 0 Å². The first-order valence-corrected chi connectivity index (χ1v) is 8.46. The number of nitrogens with zero attached hydrogens (tertiary/aromatic N) is 2. The Morgan fingerprint density at radius 1 is 1.30 bits per heavy atom. The van der Waals surface area contributed by atoms with Gasteiger partial charge in [0.1, 0.15) is 6.17 Å². The van der Waals surface area contributed by atoms with E-state index >= 15 is 0 Å². The Balaban J connectivity index is 1.63. The molecule has 0 bridgehead atoms. The van der Waals surface area contributed by atoms with Crippen LogP contribution in [0.1, 0.15) is 37.2 Å². The van der Waals surface area contributed by atoms with Crippen molar-refractivity contribution in [3.05, 3.63) is 22.4 Å². The van der Waals surface area contributed by atoms with Crippen LogP contribution in [0.3, 0.4) is 0 Å². The maximum atomic E-state index is 12.3. The summed E-state index contributed by atoms with van der Waals surface area (Å²) >= 11 is 1.72. The van der Waals surface area contributed by atoms with Crippen LogP contribution in [-0.4, -0.2) is 47.9 Å². The van der Waals surface area contributed by atoms with Gasteiger partial charge >= 0.3 is 0 Å². The largest absolute Gasteiger partial charge is 0.319 e. The van der Waals surface area contributed by atoms with Gasteiger partial charge in [-0.3, -0.25) is 10.1 Å². The Morgan fingerprint density at radius 3 is 2.80 bits per heavy atom. The Hall–Kier alpha value is -0.910. The molecule has 20 heavy (non-hydrogen) atoms. The molecule has 3 heterocycles. The Labute approximate surface area is 124 Å². The van der Waals surface area contributed by atoms with Crippen LogP contribution in [0.5, 0.6) is 0 Å². The molecule has 3 rings (SSSR count). The third kappa shape index (κ3) is 2.90. The molecule has 1 N–H and O–H groups in total. The molecule has 1 amide bonds. The van der Waals surface area contributed by atoms with E-state index in [4.69, 9.17) is 0 Å². The Kier molecular flexibility index (Phi) is 4.38. The number of piperidine rings is 1. The lowest BCUT2D eigenvalue weighted by Crippen LogP contribution is -2.40. The van der Waals surface area contributed by atoms with Crippen LogP contribution in [0.15, 0.2) is 17.5 Å². The zero-order valence-electron chi connectivity index (χ0n) is 12.0. The van der Waals surface area contributed by atoms with Crippen molar-refractivity contribution in [3.63, 3.8) is 0 Å². The zero-order valence-corrected chi connectivity index (χ0v) is 12.9. The van der Waals surface area contributed by atoms with E-state index in [-0.39, 0.29) is 18.1 Å².